The number of amides is 1. The molecule has 0 spiro atoms. The van der Waals surface area contributed by atoms with Crippen molar-refractivity contribution in [3.8, 4) is 0 Å². The Morgan fingerprint density at radius 3 is 2.63 bits per heavy atom. The molecule has 1 aliphatic heterocycles. The highest BCUT2D eigenvalue weighted by molar-refractivity contribution is 5.77. The Morgan fingerprint density at radius 1 is 1.37 bits per heavy atom. The topological polar surface area (TPSA) is 50.4 Å². The van der Waals surface area contributed by atoms with Crippen LogP contribution in [0.2, 0.25) is 0 Å². The summed E-state index contributed by atoms with van der Waals surface area (Å²) in [6.45, 7) is 5.09. The first-order valence-electron chi connectivity index (χ1n) is 7.60. The Hall–Kier alpha value is -0.610. The molecule has 110 valence electrons. The molecule has 2 fully saturated rings. The van der Waals surface area contributed by atoms with Crippen molar-refractivity contribution < 1.29 is 9.53 Å². The van der Waals surface area contributed by atoms with E-state index in [1.165, 1.54) is 25.7 Å². The standard InChI is InChI=1S/C15H28N2O2/c1-15(2)13(8-9-14(18)17-15)16-10-12(19-3)11-6-4-5-7-11/h11-13,16H,4-10H2,1-3H3,(H,17,18). The van der Waals surface area contributed by atoms with Gasteiger partial charge in [0.2, 0.25) is 5.91 Å². The van der Waals surface area contributed by atoms with Crippen molar-refractivity contribution >= 4 is 5.91 Å². The van der Waals surface area contributed by atoms with Crippen LogP contribution >= 0.6 is 0 Å². The first-order valence-corrected chi connectivity index (χ1v) is 7.60. The smallest absolute Gasteiger partial charge is 0.220 e. The number of carbonyl (C=O) groups is 1. The van der Waals surface area contributed by atoms with Crippen LogP contribution in [0.4, 0.5) is 0 Å². The van der Waals surface area contributed by atoms with Crippen molar-refractivity contribution in [1.29, 1.82) is 0 Å². The van der Waals surface area contributed by atoms with Crippen LogP contribution in [0.25, 0.3) is 0 Å². The highest BCUT2D eigenvalue weighted by atomic mass is 16.5. The lowest BCUT2D eigenvalue weighted by atomic mass is 9.86. The van der Waals surface area contributed by atoms with Crippen molar-refractivity contribution in [2.45, 2.75) is 70.1 Å². The maximum atomic E-state index is 11.5. The van der Waals surface area contributed by atoms with E-state index in [2.05, 4.69) is 24.5 Å². The van der Waals surface area contributed by atoms with Gasteiger partial charge in [0, 0.05) is 31.7 Å². The van der Waals surface area contributed by atoms with E-state index in [-0.39, 0.29) is 11.4 Å². The van der Waals surface area contributed by atoms with Crippen LogP contribution in [-0.4, -0.2) is 37.2 Å². The number of methoxy groups -OCH3 is 1. The number of hydrogen-bond donors (Lipinski definition) is 2. The number of rotatable bonds is 5. The van der Waals surface area contributed by atoms with Crippen LogP contribution in [0.5, 0.6) is 0 Å². The Morgan fingerprint density at radius 2 is 2.05 bits per heavy atom. The van der Waals surface area contributed by atoms with Crippen molar-refractivity contribution in [2.24, 2.45) is 5.92 Å². The Labute approximate surface area is 116 Å². The second kappa shape index (κ2) is 6.23. The van der Waals surface area contributed by atoms with Crippen LogP contribution in [0, 0.1) is 5.92 Å². The maximum Gasteiger partial charge on any atom is 0.220 e. The third-order valence-electron chi connectivity index (χ3n) is 4.79. The van der Waals surface area contributed by atoms with Crippen molar-refractivity contribution in [2.75, 3.05) is 13.7 Å². The first-order chi connectivity index (χ1) is 9.03. The molecule has 2 N–H and O–H groups in total. The van der Waals surface area contributed by atoms with Crippen LogP contribution in [0.15, 0.2) is 0 Å². The summed E-state index contributed by atoms with van der Waals surface area (Å²) >= 11 is 0. The van der Waals surface area contributed by atoms with E-state index in [0.29, 0.717) is 24.5 Å². The van der Waals surface area contributed by atoms with Crippen molar-refractivity contribution in [1.82, 2.24) is 10.6 Å². The van der Waals surface area contributed by atoms with Crippen LogP contribution < -0.4 is 10.6 Å². The van der Waals surface area contributed by atoms with Gasteiger partial charge >= 0.3 is 0 Å². The van der Waals surface area contributed by atoms with E-state index < -0.39 is 0 Å². The molecule has 0 radical (unpaired) electrons. The molecule has 0 aromatic carbocycles. The van der Waals surface area contributed by atoms with Gasteiger partial charge in [0.1, 0.15) is 0 Å². The molecule has 1 saturated carbocycles. The molecule has 4 nitrogen and oxygen atoms in total. The Kier molecular flexibility index (Phi) is 4.85. The van der Waals surface area contributed by atoms with E-state index in [1.807, 2.05) is 7.11 Å². The summed E-state index contributed by atoms with van der Waals surface area (Å²) in [6, 6.07) is 0.337. The lowest BCUT2D eigenvalue weighted by Crippen LogP contribution is -2.62. The van der Waals surface area contributed by atoms with Gasteiger partial charge in [-0.1, -0.05) is 12.8 Å². The zero-order valence-electron chi connectivity index (χ0n) is 12.5. The molecule has 0 aromatic heterocycles. The Bertz CT molecular complexity index is 311. The molecule has 1 aliphatic carbocycles. The minimum Gasteiger partial charge on any atom is -0.380 e. The molecule has 1 saturated heterocycles. The molecule has 2 unspecified atom stereocenters. The third kappa shape index (κ3) is 3.69. The van der Waals surface area contributed by atoms with Crippen molar-refractivity contribution in [3.63, 3.8) is 0 Å². The summed E-state index contributed by atoms with van der Waals surface area (Å²) in [5.74, 6) is 0.876. The molecule has 0 aromatic rings. The monoisotopic (exact) mass is 268 g/mol. The van der Waals surface area contributed by atoms with Gasteiger partial charge < -0.3 is 15.4 Å². The second-order valence-electron chi connectivity index (χ2n) is 6.59. The second-order valence-corrected chi connectivity index (χ2v) is 6.59. The van der Waals surface area contributed by atoms with Gasteiger partial charge in [0.15, 0.2) is 0 Å². The van der Waals surface area contributed by atoms with Crippen LogP contribution in [-0.2, 0) is 9.53 Å². The number of piperidine rings is 1. The molecule has 19 heavy (non-hydrogen) atoms. The average Bonchev–Trinajstić information content (AvgIpc) is 2.85. The fourth-order valence-corrected chi connectivity index (χ4v) is 3.53. The summed E-state index contributed by atoms with van der Waals surface area (Å²) in [4.78, 5) is 11.5. The fourth-order valence-electron chi connectivity index (χ4n) is 3.53. The fraction of sp³-hybridized carbons (Fsp3) is 0.933. The molecule has 2 atom stereocenters. The zero-order chi connectivity index (χ0) is 13.9. The van der Waals surface area contributed by atoms with E-state index in [0.717, 1.165) is 13.0 Å². The summed E-state index contributed by atoms with van der Waals surface area (Å²) in [6.07, 6.45) is 7.14. The Balaban J connectivity index is 1.84. The summed E-state index contributed by atoms with van der Waals surface area (Å²) in [5, 5.41) is 6.70. The van der Waals surface area contributed by atoms with E-state index in [9.17, 15) is 4.79 Å². The predicted molar refractivity (Wildman–Crippen MR) is 76.0 cm³/mol. The molecular formula is C15H28N2O2. The number of carbonyl (C=O) groups excluding carboxylic acids is 1. The summed E-state index contributed by atoms with van der Waals surface area (Å²) < 4.78 is 5.66. The molecular weight excluding hydrogens is 240 g/mol. The molecule has 1 amide bonds. The normalized spacial score (nSPS) is 29.2. The number of ether oxygens (including phenoxy) is 1. The van der Waals surface area contributed by atoms with Crippen LogP contribution in [0.3, 0.4) is 0 Å². The van der Waals surface area contributed by atoms with Gasteiger partial charge in [-0.05, 0) is 39.0 Å². The highest BCUT2D eigenvalue weighted by Gasteiger charge is 2.36. The number of hydrogen-bond acceptors (Lipinski definition) is 3. The summed E-state index contributed by atoms with van der Waals surface area (Å²) in [5.41, 5.74) is -0.163. The summed E-state index contributed by atoms with van der Waals surface area (Å²) in [7, 11) is 1.82. The van der Waals surface area contributed by atoms with E-state index >= 15 is 0 Å². The SMILES string of the molecule is COC(CNC1CCC(=O)NC1(C)C)C1CCCC1. The minimum absolute atomic E-state index is 0.163. The predicted octanol–water partition coefficient (Wildman–Crippen LogP) is 1.84. The zero-order valence-corrected chi connectivity index (χ0v) is 12.5. The third-order valence-corrected chi connectivity index (χ3v) is 4.79. The number of nitrogens with one attached hydrogen (secondary N) is 2. The van der Waals surface area contributed by atoms with E-state index in [1.54, 1.807) is 0 Å². The minimum atomic E-state index is -0.163. The van der Waals surface area contributed by atoms with Gasteiger partial charge in [-0.15, -0.1) is 0 Å². The average molecular weight is 268 g/mol. The molecule has 0 bridgehead atoms. The van der Waals surface area contributed by atoms with Gasteiger partial charge in [-0.3, -0.25) is 4.79 Å². The molecule has 2 rings (SSSR count). The lowest BCUT2D eigenvalue weighted by Gasteiger charge is -2.40. The van der Waals surface area contributed by atoms with Crippen LogP contribution in [0.1, 0.15) is 52.4 Å². The van der Waals surface area contributed by atoms with Crippen molar-refractivity contribution in [3.05, 3.63) is 0 Å². The van der Waals surface area contributed by atoms with Gasteiger partial charge in [0.05, 0.1) is 6.10 Å². The quantitative estimate of drug-likeness (QED) is 0.800. The highest BCUT2D eigenvalue weighted by Crippen LogP contribution is 2.29. The largest absolute Gasteiger partial charge is 0.380 e. The first kappa shape index (κ1) is 14.8. The molecule has 1 heterocycles. The molecule has 4 heteroatoms. The van der Waals surface area contributed by atoms with Gasteiger partial charge in [-0.2, -0.15) is 0 Å². The van der Waals surface area contributed by atoms with Gasteiger partial charge in [0.25, 0.3) is 0 Å². The lowest BCUT2D eigenvalue weighted by molar-refractivity contribution is -0.125. The maximum absolute atomic E-state index is 11.5. The van der Waals surface area contributed by atoms with Gasteiger partial charge in [-0.25, -0.2) is 0 Å². The molecule has 2 aliphatic rings. The van der Waals surface area contributed by atoms with E-state index in [4.69, 9.17) is 4.74 Å².